The molecule has 0 saturated heterocycles. The first-order chi connectivity index (χ1) is 11.3. The molecule has 1 aromatic carbocycles. The number of rotatable bonds is 4. The van der Waals surface area contributed by atoms with Gasteiger partial charge in [0.05, 0.1) is 17.7 Å². The fourth-order valence-corrected chi connectivity index (χ4v) is 3.47. The van der Waals surface area contributed by atoms with Gasteiger partial charge in [0, 0.05) is 23.0 Å². The van der Waals surface area contributed by atoms with Crippen molar-refractivity contribution in [1.82, 2.24) is 9.47 Å². The van der Waals surface area contributed by atoms with E-state index in [-0.39, 0.29) is 18.4 Å². The minimum atomic E-state index is -0.401. The van der Waals surface area contributed by atoms with Crippen LogP contribution in [-0.4, -0.2) is 33.6 Å². The van der Waals surface area contributed by atoms with Gasteiger partial charge in [0.2, 0.25) is 0 Å². The maximum atomic E-state index is 12.7. The number of fused-ring (bicyclic) bond motifs is 1. The fraction of sp³-hybridized carbons (Fsp3) is 0.316. The van der Waals surface area contributed by atoms with Crippen molar-refractivity contribution in [3.05, 3.63) is 58.4 Å². The number of carbonyl (C=O) groups is 3. The van der Waals surface area contributed by atoms with Gasteiger partial charge in [-0.1, -0.05) is 12.1 Å². The number of hydrogen-bond acceptors (Lipinski definition) is 3. The molecule has 0 bridgehead atoms. The van der Waals surface area contributed by atoms with Crippen molar-refractivity contribution in [1.29, 1.82) is 0 Å². The van der Waals surface area contributed by atoms with E-state index in [1.54, 1.807) is 24.3 Å². The highest BCUT2D eigenvalue weighted by Crippen LogP contribution is 2.24. The first-order valence-electron chi connectivity index (χ1n) is 7.99. The second-order valence-electron chi connectivity index (χ2n) is 6.41. The van der Waals surface area contributed by atoms with Crippen molar-refractivity contribution in [2.24, 2.45) is 0 Å². The minimum Gasteiger partial charge on any atom is -0.346 e. The van der Waals surface area contributed by atoms with Crippen LogP contribution in [0.5, 0.6) is 0 Å². The third-order valence-electron chi connectivity index (χ3n) is 4.48. The summed E-state index contributed by atoms with van der Waals surface area (Å²) >= 11 is 0. The molecule has 0 N–H and O–H groups in total. The van der Waals surface area contributed by atoms with Crippen LogP contribution in [-0.2, 0) is 0 Å². The van der Waals surface area contributed by atoms with Gasteiger partial charge in [0.1, 0.15) is 0 Å². The van der Waals surface area contributed by atoms with E-state index in [0.717, 1.165) is 16.3 Å². The third kappa shape index (κ3) is 2.37. The lowest BCUT2D eigenvalue weighted by Gasteiger charge is -2.15. The molecule has 1 aromatic heterocycles. The molecule has 2 aromatic rings. The summed E-state index contributed by atoms with van der Waals surface area (Å²) in [5.74, 6) is -1.02. The molecule has 0 spiro atoms. The summed E-state index contributed by atoms with van der Waals surface area (Å²) in [6, 6.07) is 8.73. The highest BCUT2D eigenvalue weighted by atomic mass is 16.2. The van der Waals surface area contributed by atoms with Gasteiger partial charge in [-0.05, 0) is 45.9 Å². The molecule has 1 aliphatic rings. The van der Waals surface area contributed by atoms with Gasteiger partial charge in [-0.3, -0.25) is 19.3 Å². The van der Waals surface area contributed by atoms with Crippen LogP contribution in [0.25, 0.3) is 0 Å². The Morgan fingerprint density at radius 2 is 1.58 bits per heavy atom. The molecule has 24 heavy (non-hydrogen) atoms. The highest BCUT2D eigenvalue weighted by molar-refractivity contribution is 6.23. The SMILES string of the molecule is Cc1cc(C(=O)CN2C(=O)c3ccccc3C2=O)c(C)n1C(C)C. The van der Waals surface area contributed by atoms with E-state index in [1.165, 1.54) is 0 Å². The summed E-state index contributed by atoms with van der Waals surface area (Å²) in [7, 11) is 0. The molecule has 2 amide bonds. The standard InChI is InChI=1S/C19H20N2O3/c1-11(2)21-12(3)9-16(13(21)4)17(22)10-20-18(23)14-7-5-6-8-15(14)19(20)24/h5-9,11H,10H2,1-4H3. The van der Waals surface area contributed by atoms with Crippen molar-refractivity contribution >= 4 is 17.6 Å². The molecule has 0 saturated carbocycles. The Labute approximate surface area is 140 Å². The Balaban J connectivity index is 1.88. The molecule has 0 unspecified atom stereocenters. The molecule has 0 fully saturated rings. The number of benzene rings is 1. The average molecular weight is 324 g/mol. The van der Waals surface area contributed by atoms with Gasteiger partial charge >= 0.3 is 0 Å². The lowest BCUT2D eigenvalue weighted by molar-refractivity contribution is 0.0624. The molecule has 0 atom stereocenters. The zero-order valence-electron chi connectivity index (χ0n) is 14.3. The van der Waals surface area contributed by atoms with Gasteiger partial charge in [0.15, 0.2) is 5.78 Å². The van der Waals surface area contributed by atoms with Crippen LogP contribution in [0.1, 0.15) is 62.4 Å². The molecule has 3 rings (SSSR count). The molecule has 0 radical (unpaired) electrons. The molecular weight excluding hydrogens is 304 g/mol. The minimum absolute atomic E-state index is 0.218. The Morgan fingerprint density at radius 3 is 2.04 bits per heavy atom. The van der Waals surface area contributed by atoms with Crippen LogP contribution < -0.4 is 0 Å². The van der Waals surface area contributed by atoms with Crippen LogP contribution in [0, 0.1) is 13.8 Å². The number of ketones is 1. The second kappa shape index (κ2) is 5.74. The normalized spacial score (nSPS) is 13.8. The van der Waals surface area contributed by atoms with E-state index in [2.05, 4.69) is 18.4 Å². The second-order valence-corrected chi connectivity index (χ2v) is 6.41. The maximum absolute atomic E-state index is 12.7. The topological polar surface area (TPSA) is 59.4 Å². The van der Waals surface area contributed by atoms with Gasteiger partial charge < -0.3 is 4.57 Å². The lowest BCUT2D eigenvalue weighted by Crippen LogP contribution is -2.35. The number of nitrogens with zero attached hydrogens (tertiary/aromatic N) is 2. The maximum Gasteiger partial charge on any atom is 0.261 e. The Bertz CT molecular complexity index is 826. The van der Waals surface area contributed by atoms with Crippen molar-refractivity contribution in [2.45, 2.75) is 33.7 Å². The lowest BCUT2D eigenvalue weighted by atomic mass is 10.1. The zero-order valence-corrected chi connectivity index (χ0v) is 14.3. The summed E-state index contributed by atoms with van der Waals surface area (Å²) in [5, 5.41) is 0. The first-order valence-corrected chi connectivity index (χ1v) is 7.99. The molecule has 1 aliphatic heterocycles. The number of amides is 2. The van der Waals surface area contributed by atoms with E-state index in [0.29, 0.717) is 16.7 Å². The predicted molar refractivity (Wildman–Crippen MR) is 90.4 cm³/mol. The smallest absolute Gasteiger partial charge is 0.261 e. The Hall–Kier alpha value is -2.69. The Morgan fingerprint density at radius 1 is 1.04 bits per heavy atom. The van der Waals surface area contributed by atoms with E-state index < -0.39 is 11.8 Å². The molecule has 0 aliphatic carbocycles. The number of aromatic nitrogens is 1. The van der Waals surface area contributed by atoms with Gasteiger partial charge in [-0.2, -0.15) is 0 Å². The molecule has 5 nitrogen and oxygen atoms in total. The Kier molecular flexibility index (Phi) is 3.87. The molecule has 5 heteroatoms. The van der Waals surface area contributed by atoms with Crippen molar-refractivity contribution in [3.8, 4) is 0 Å². The summed E-state index contributed by atoms with van der Waals surface area (Å²) in [6.07, 6.45) is 0. The van der Waals surface area contributed by atoms with Crippen molar-refractivity contribution in [3.63, 3.8) is 0 Å². The van der Waals surface area contributed by atoms with Crippen molar-refractivity contribution in [2.75, 3.05) is 6.54 Å². The highest BCUT2D eigenvalue weighted by Gasteiger charge is 2.36. The average Bonchev–Trinajstić information content (AvgIpc) is 2.97. The zero-order chi connectivity index (χ0) is 17.6. The summed E-state index contributed by atoms with van der Waals surface area (Å²) < 4.78 is 2.08. The fourth-order valence-electron chi connectivity index (χ4n) is 3.47. The number of carbonyl (C=O) groups excluding carboxylic acids is 3. The summed E-state index contributed by atoms with van der Waals surface area (Å²) in [4.78, 5) is 38.5. The summed E-state index contributed by atoms with van der Waals surface area (Å²) in [6.45, 7) is 7.72. The van der Waals surface area contributed by atoms with Gasteiger partial charge in [-0.25, -0.2) is 0 Å². The van der Waals surface area contributed by atoms with E-state index >= 15 is 0 Å². The van der Waals surface area contributed by atoms with Gasteiger partial charge in [0.25, 0.3) is 11.8 Å². The number of aryl methyl sites for hydroxylation is 1. The van der Waals surface area contributed by atoms with Crippen LogP contribution in [0.4, 0.5) is 0 Å². The monoisotopic (exact) mass is 324 g/mol. The summed E-state index contributed by atoms with van der Waals surface area (Å²) in [5.41, 5.74) is 3.15. The molecule has 124 valence electrons. The van der Waals surface area contributed by atoms with E-state index in [1.807, 2.05) is 19.9 Å². The number of Topliss-reactive ketones (excluding diaryl/α,β-unsaturated/α-hetero) is 1. The molecular formula is C19H20N2O3. The number of hydrogen-bond donors (Lipinski definition) is 0. The van der Waals surface area contributed by atoms with Gasteiger partial charge in [-0.15, -0.1) is 0 Å². The third-order valence-corrected chi connectivity index (χ3v) is 4.48. The van der Waals surface area contributed by atoms with Crippen LogP contribution in [0.2, 0.25) is 0 Å². The molecule has 2 heterocycles. The van der Waals surface area contributed by atoms with Crippen LogP contribution in [0.3, 0.4) is 0 Å². The largest absolute Gasteiger partial charge is 0.346 e. The van der Waals surface area contributed by atoms with E-state index in [4.69, 9.17) is 0 Å². The first kappa shape index (κ1) is 16.2. The quantitative estimate of drug-likeness (QED) is 0.641. The van der Waals surface area contributed by atoms with Crippen LogP contribution in [0.15, 0.2) is 30.3 Å². The number of imide groups is 1. The van der Waals surface area contributed by atoms with Crippen molar-refractivity contribution < 1.29 is 14.4 Å². The predicted octanol–water partition coefficient (Wildman–Crippen LogP) is 3.16. The van der Waals surface area contributed by atoms with E-state index in [9.17, 15) is 14.4 Å². The van der Waals surface area contributed by atoms with Crippen LogP contribution >= 0.6 is 0 Å².